The Labute approximate surface area is 188 Å². The highest BCUT2D eigenvalue weighted by atomic mass is 32.1. The summed E-state index contributed by atoms with van der Waals surface area (Å²) >= 11 is 1.61. The van der Waals surface area contributed by atoms with Gasteiger partial charge in [-0.25, -0.2) is 4.98 Å². The molecule has 2 aliphatic heterocycles. The number of piperazine rings is 1. The van der Waals surface area contributed by atoms with Crippen LogP contribution in [0.25, 0.3) is 10.2 Å². The molecule has 0 aliphatic carbocycles. The molecule has 0 spiro atoms. The molecule has 0 bridgehead atoms. The molecule has 12 heteroatoms. The van der Waals surface area contributed by atoms with Gasteiger partial charge in [0, 0.05) is 37.1 Å². The number of amidine groups is 2. The Bertz CT molecular complexity index is 1020. The van der Waals surface area contributed by atoms with Crippen molar-refractivity contribution in [3.63, 3.8) is 0 Å². The van der Waals surface area contributed by atoms with E-state index in [0.29, 0.717) is 18.3 Å². The second kappa shape index (κ2) is 8.81. The number of hydrogen-bond acceptors (Lipinski definition) is 8. The highest BCUT2D eigenvalue weighted by Crippen LogP contribution is 2.35. The summed E-state index contributed by atoms with van der Waals surface area (Å²) in [4.78, 5) is 16.2. The van der Waals surface area contributed by atoms with Gasteiger partial charge in [-0.15, -0.1) is 11.3 Å². The lowest BCUT2D eigenvalue weighted by molar-refractivity contribution is -0.0671. The number of alkyl halides is 3. The number of piperidine rings is 1. The Morgan fingerprint density at radius 1 is 1.25 bits per heavy atom. The maximum absolute atomic E-state index is 13.0. The second-order valence-corrected chi connectivity index (χ2v) is 9.36. The van der Waals surface area contributed by atoms with Crippen LogP contribution in [0.15, 0.2) is 6.07 Å². The first-order valence-electron chi connectivity index (χ1n) is 10.7. The lowest BCUT2D eigenvalue weighted by Gasteiger charge is -2.38. The van der Waals surface area contributed by atoms with E-state index >= 15 is 0 Å². The van der Waals surface area contributed by atoms with Crippen LogP contribution in [0, 0.1) is 10.8 Å². The summed E-state index contributed by atoms with van der Waals surface area (Å²) in [6.45, 7) is 3.64. The van der Waals surface area contributed by atoms with Gasteiger partial charge in [-0.1, -0.05) is 13.3 Å². The van der Waals surface area contributed by atoms with Gasteiger partial charge in [0.1, 0.15) is 16.5 Å². The third kappa shape index (κ3) is 4.51. The van der Waals surface area contributed by atoms with Crippen molar-refractivity contribution in [1.82, 2.24) is 14.9 Å². The molecule has 2 aromatic heterocycles. The van der Waals surface area contributed by atoms with Crippen molar-refractivity contribution in [2.75, 3.05) is 42.5 Å². The van der Waals surface area contributed by atoms with Crippen molar-refractivity contribution in [3.8, 4) is 0 Å². The minimum atomic E-state index is -4.78. The number of aromatic nitrogens is 2. The lowest BCUT2D eigenvalue weighted by Crippen LogP contribution is -2.55. The molecule has 0 aromatic carbocycles. The summed E-state index contributed by atoms with van der Waals surface area (Å²) < 4.78 is 39.0. The molecule has 2 aliphatic rings. The van der Waals surface area contributed by atoms with Crippen molar-refractivity contribution < 1.29 is 13.2 Å². The molecular weight excluding hydrogens is 441 g/mol. The van der Waals surface area contributed by atoms with Gasteiger partial charge in [-0.05, 0) is 25.3 Å². The van der Waals surface area contributed by atoms with Gasteiger partial charge in [0.25, 0.3) is 0 Å². The summed E-state index contributed by atoms with van der Waals surface area (Å²) in [7, 11) is 0. The first-order valence-corrected chi connectivity index (χ1v) is 11.6. The number of nitrogens with one attached hydrogen (secondary N) is 2. The van der Waals surface area contributed by atoms with E-state index in [-0.39, 0.29) is 31.5 Å². The Balaban J connectivity index is 1.67. The molecule has 2 aromatic rings. The van der Waals surface area contributed by atoms with Crippen molar-refractivity contribution in [2.24, 2.45) is 5.73 Å². The molecule has 2 saturated heterocycles. The van der Waals surface area contributed by atoms with Gasteiger partial charge in [-0.3, -0.25) is 10.8 Å². The Morgan fingerprint density at radius 2 is 2.03 bits per heavy atom. The van der Waals surface area contributed by atoms with Gasteiger partial charge >= 0.3 is 6.18 Å². The Morgan fingerprint density at radius 3 is 2.69 bits per heavy atom. The van der Waals surface area contributed by atoms with Crippen molar-refractivity contribution in [1.29, 1.82) is 10.8 Å². The minimum absolute atomic E-state index is 0.0515. The summed E-state index contributed by atoms with van der Waals surface area (Å²) in [5.41, 5.74) is 6.15. The first-order chi connectivity index (χ1) is 15.2. The summed E-state index contributed by atoms with van der Waals surface area (Å²) in [6.07, 6.45) is -0.968. The summed E-state index contributed by atoms with van der Waals surface area (Å²) in [5, 5.41) is 16.4. The topological polar surface area (TPSA) is 109 Å². The molecule has 0 unspecified atom stereocenters. The van der Waals surface area contributed by atoms with Gasteiger partial charge in [0.15, 0.2) is 0 Å². The largest absolute Gasteiger partial charge is 0.449 e. The molecule has 8 nitrogen and oxygen atoms in total. The molecule has 4 N–H and O–H groups in total. The van der Waals surface area contributed by atoms with Crippen LogP contribution in [-0.2, 0) is 6.42 Å². The van der Waals surface area contributed by atoms with Gasteiger partial charge in [0.2, 0.25) is 11.8 Å². The molecule has 0 radical (unpaired) electrons. The van der Waals surface area contributed by atoms with Crippen LogP contribution in [0.1, 0.15) is 31.1 Å². The number of halogens is 3. The first kappa shape index (κ1) is 22.7. The standard InChI is InChI=1S/C20H27F3N8S/c1-2-4-13-9-14-16(29-7-8-31(15(25)11-29)18(26)20(21,22)23)27-19(28-17(14)32-13)30-6-3-5-12(24)10-30/h9,12,25-26H,2-8,10-11,24H2,1H3/t12-/m1/s1. The zero-order chi connectivity index (χ0) is 23.0. The van der Waals surface area contributed by atoms with E-state index in [2.05, 4.69) is 17.9 Å². The average Bonchev–Trinajstić information content (AvgIpc) is 3.14. The molecule has 4 rings (SSSR count). The predicted octanol–water partition coefficient (Wildman–Crippen LogP) is 3.21. The van der Waals surface area contributed by atoms with Crippen LogP contribution >= 0.6 is 11.3 Å². The fraction of sp³-hybridized carbons (Fsp3) is 0.600. The van der Waals surface area contributed by atoms with Crippen molar-refractivity contribution in [2.45, 2.75) is 44.8 Å². The lowest BCUT2D eigenvalue weighted by atomic mass is 10.1. The Hall–Kier alpha value is -2.47. The van der Waals surface area contributed by atoms with Gasteiger partial charge < -0.3 is 20.4 Å². The fourth-order valence-corrected chi connectivity index (χ4v) is 5.29. The number of hydrogen-bond donors (Lipinski definition) is 3. The summed E-state index contributed by atoms with van der Waals surface area (Å²) in [6, 6.07) is 2.11. The Kier molecular flexibility index (Phi) is 6.26. The highest BCUT2D eigenvalue weighted by molar-refractivity contribution is 7.18. The number of nitrogens with zero attached hydrogens (tertiary/aromatic N) is 5. The minimum Gasteiger partial charge on any atom is -0.347 e. The van der Waals surface area contributed by atoms with Crippen molar-refractivity contribution >= 4 is 45.0 Å². The smallest absolute Gasteiger partial charge is 0.347 e. The van der Waals surface area contributed by atoms with Crippen LogP contribution in [0.4, 0.5) is 24.9 Å². The predicted molar refractivity (Wildman–Crippen MR) is 121 cm³/mol. The number of fused-ring (bicyclic) bond motifs is 1. The normalized spacial score (nSPS) is 20.3. The number of thiophene rings is 1. The maximum Gasteiger partial charge on any atom is 0.449 e. The van der Waals surface area contributed by atoms with Crippen molar-refractivity contribution in [3.05, 3.63) is 10.9 Å². The molecule has 0 saturated carbocycles. The van der Waals surface area contributed by atoms with E-state index < -0.39 is 12.0 Å². The third-order valence-electron chi connectivity index (χ3n) is 5.75. The highest BCUT2D eigenvalue weighted by Gasteiger charge is 2.41. The second-order valence-electron chi connectivity index (χ2n) is 8.24. The summed E-state index contributed by atoms with van der Waals surface area (Å²) in [5.74, 6) is -0.565. The van der Waals surface area contributed by atoms with E-state index in [1.54, 1.807) is 11.3 Å². The maximum atomic E-state index is 13.0. The van der Waals surface area contributed by atoms with E-state index in [1.807, 2.05) is 4.90 Å². The monoisotopic (exact) mass is 468 g/mol. The molecule has 32 heavy (non-hydrogen) atoms. The quantitative estimate of drug-likeness (QED) is 0.470. The molecule has 1 atom stereocenters. The van der Waals surface area contributed by atoms with Crippen LogP contribution in [-0.4, -0.2) is 71.5 Å². The fourth-order valence-electron chi connectivity index (χ4n) is 4.17. The average molecular weight is 469 g/mol. The molecular formula is C20H27F3N8S. The number of aryl methyl sites for hydroxylation is 1. The van der Waals surface area contributed by atoms with E-state index in [9.17, 15) is 13.2 Å². The van der Waals surface area contributed by atoms with Gasteiger partial charge in [0.05, 0.1) is 11.9 Å². The van der Waals surface area contributed by atoms with E-state index in [1.165, 1.54) is 4.88 Å². The molecule has 174 valence electrons. The molecule has 2 fully saturated rings. The van der Waals surface area contributed by atoms with Crippen LogP contribution < -0.4 is 15.5 Å². The number of nitrogens with two attached hydrogens (primary N) is 1. The van der Waals surface area contributed by atoms with Crippen LogP contribution in [0.2, 0.25) is 0 Å². The van der Waals surface area contributed by atoms with Gasteiger partial charge in [-0.2, -0.15) is 18.2 Å². The third-order valence-corrected chi connectivity index (χ3v) is 6.84. The number of rotatable bonds is 4. The zero-order valence-electron chi connectivity index (χ0n) is 17.9. The number of anilines is 2. The molecule has 4 heterocycles. The van der Waals surface area contributed by atoms with Crippen LogP contribution in [0.5, 0.6) is 0 Å². The van der Waals surface area contributed by atoms with Crippen LogP contribution in [0.3, 0.4) is 0 Å². The van der Waals surface area contributed by atoms with E-state index in [0.717, 1.165) is 47.3 Å². The SMILES string of the molecule is CCCc1cc2c(N3CCN(C(=N)C(F)(F)F)C(=N)C3)nc(N3CCC[C@@H](N)C3)nc2s1. The van der Waals surface area contributed by atoms with E-state index in [4.69, 9.17) is 26.5 Å². The zero-order valence-corrected chi connectivity index (χ0v) is 18.7. The molecule has 0 amide bonds.